The number of hydrogen-bond acceptors (Lipinski definition) is 2. The van der Waals surface area contributed by atoms with Crippen molar-refractivity contribution in [2.24, 2.45) is 5.73 Å². The van der Waals surface area contributed by atoms with Gasteiger partial charge in [0.25, 0.3) is 0 Å². The molecule has 0 heterocycles. The second-order valence-corrected chi connectivity index (χ2v) is 5.09. The average molecular weight is 309 g/mol. The third-order valence-corrected chi connectivity index (χ3v) is 3.03. The Balaban J connectivity index is 0.00000127. The summed E-state index contributed by atoms with van der Waals surface area (Å²) >= 11 is 0. The minimum Gasteiger partial charge on any atom is -0.494 e. The predicted molar refractivity (Wildman–Crippen MR) is 98.7 cm³/mol. The fraction of sp³-hybridized carbons (Fsp3) is 0.333. The molecule has 23 heavy (non-hydrogen) atoms. The van der Waals surface area contributed by atoms with E-state index >= 15 is 0 Å². The van der Waals surface area contributed by atoms with Crippen LogP contribution in [0.15, 0.2) is 48.5 Å². The molecule has 2 aromatic carbocycles. The van der Waals surface area contributed by atoms with E-state index in [1.165, 1.54) is 5.56 Å². The highest BCUT2D eigenvalue weighted by Crippen LogP contribution is 2.11. The largest absolute Gasteiger partial charge is 0.494 e. The van der Waals surface area contributed by atoms with E-state index in [-0.39, 0.29) is 6.04 Å². The van der Waals surface area contributed by atoms with Crippen molar-refractivity contribution in [2.75, 3.05) is 6.61 Å². The van der Waals surface area contributed by atoms with Gasteiger partial charge in [0.15, 0.2) is 0 Å². The minimum atomic E-state index is 0.186. The SMILES string of the molecule is CC.CCOc1ccc(C#Cc2ccc(CC(C)N)cc2)cc1. The Bertz CT molecular complexity index is 616. The average Bonchev–Trinajstić information content (AvgIpc) is 2.57. The zero-order valence-electron chi connectivity index (χ0n) is 14.6. The third-order valence-electron chi connectivity index (χ3n) is 3.03. The van der Waals surface area contributed by atoms with E-state index < -0.39 is 0 Å². The summed E-state index contributed by atoms with van der Waals surface area (Å²) in [6, 6.07) is 16.3. The number of nitrogens with two attached hydrogens (primary N) is 1. The molecule has 0 aliphatic carbocycles. The quantitative estimate of drug-likeness (QED) is 0.850. The minimum absolute atomic E-state index is 0.186. The monoisotopic (exact) mass is 309 g/mol. The van der Waals surface area contributed by atoms with Gasteiger partial charge in [0.1, 0.15) is 5.75 Å². The standard InChI is InChI=1S/C19H21NO.C2H6/c1-3-21-19-12-10-17(11-13-19)5-4-16-6-8-18(9-7-16)14-15(2)20;1-2/h6-13,15H,3,14,20H2,1-2H3;1-2H3. The first-order valence-electron chi connectivity index (χ1n) is 8.27. The molecular weight excluding hydrogens is 282 g/mol. The Morgan fingerprint density at radius 2 is 1.39 bits per heavy atom. The van der Waals surface area contributed by atoms with Crippen LogP contribution in [0, 0.1) is 11.8 Å². The van der Waals surface area contributed by atoms with E-state index in [1.54, 1.807) is 0 Å². The summed E-state index contributed by atoms with van der Waals surface area (Å²) in [7, 11) is 0. The molecule has 0 bridgehead atoms. The first kappa shape index (κ1) is 18.8. The molecule has 0 saturated heterocycles. The van der Waals surface area contributed by atoms with Gasteiger partial charge in [-0.15, -0.1) is 0 Å². The molecule has 0 aliphatic rings. The van der Waals surface area contributed by atoms with Gasteiger partial charge in [-0.3, -0.25) is 0 Å². The molecule has 0 spiro atoms. The van der Waals surface area contributed by atoms with Crippen LogP contribution < -0.4 is 10.5 Å². The smallest absolute Gasteiger partial charge is 0.119 e. The molecule has 1 atom stereocenters. The Kier molecular flexibility index (Phi) is 8.57. The molecular formula is C21H27NO. The lowest BCUT2D eigenvalue weighted by Crippen LogP contribution is -2.17. The molecule has 2 N–H and O–H groups in total. The fourth-order valence-corrected chi connectivity index (χ4v) is 2.04. The Morgan fingerprint density at radius 1 is 0.913 bits per heavy atom. The number of ether oxygens (including phenoxy) is 1. The van der Waals surface area contributed by atoms with Crippen LogP contribution in [0.1, 0.15) is 44.4 Å². The van der Waals surface area contributed by atoms with Crippen molar-refractivity contribution in [3.05, 3.63) is 65.2 Å². The summed E-state index contributed by atoms with van der Waals surface area (Å²) < 4.78 is 5.41. The molecule has 2 aromatic rings. The number of rotatable bonds is 4. The third kappa shape index (κ3) is 7.04. The van der Waals surface area contributed by atoms with Crippen LogP contribution in [-0.2, 0) is 6.42 Å². The molecule has 2 nitrogen and oxygen atoms in total. The maximum Gasteiger partial charge on any atom is 0.119 e. The summed E-state index contributed by atoms with van der Waals surface area (Å²) in [4.78, 5) is 0. The molecule has 0 aromatic heterocycles. The molecule has 0 fully saturated rings. The van der Waals surface area contributed by atoms with Crippen molar-refractivity contribution < 1.29 is 4.74 Å². The lowest BCUT2D eigenvalue weighted by Gasteiger charge is -2.04. The van der Waals surface area contributed by atoms with Gasteiger partial charge in [0, 0.05) is 17.2 Å². The highest BCUT2D eigenvalue weighted by Gasteiger charge is 1.97. The summed E-state index contributed by atoms with van der Waals surface area (Å²) in [6.45, 7) is 8.67. The van der Waals surface area contributed by atoms with Crippen molar-refractivity contribution in [3.8, 4) is 17.6 Å². The van der Waals surface area contributed by atoms with Gasteiger partial charge in [-0.25, -0.2) is 0 Å². The van der Waals surface area contributed by atoms with Gasteiger partial charge in [-0.1, -0.05) is 37.8 Å². The second kappa shape index (κ2) is 10.5. The number of hydrogen-bond donors (Lipinski definition) is 1. The van der Waals surface area contributed by atoms with Gasteiger partial charge in [0.05, 0.1) is 6.61 Å². The lowest BCUT2D eigenvalue weighted by atomic mass is 10.1. The van der Waals surface area contributed by atoms with Crippen molar-refractivity contribution in [2.45, 2.75) is 40.2 Å². The summed E-state index contributed by atoms with van der Waals surface area (Å²) in [5.41, 5.74) is 9.04. The van der Waals surface area contributed by atoms with Crippen LogP contribution in [-0.4, -0.2) is 12.6 Å². The number of benzene rings is 2. The van der Waals surface area contributed by atoms with Gasteiger partial charge >= 0.3 is 0 Å². The van der Waals surface area contributed by atoms with Crippen LogP contribution in [0.4, 0.5) is 0 Å². The Hall–Kier alpha value is -2.24. The van der Waals surface area contributed by atoms with Crippen LogP contribution in [0.25, 0.3) is 0 Å². The van der Waals surface area contributed by atoms with Crippen LogP contribution in [0.2, 0.25) is 0 Å². The topological polar surface area (TPSA) is 35.2 Å². The second-order valence-electron chi connectivity index (χ2n) is 5.09. The molecule has 0 radical (unpaired) electrons. The zero-order chi connectivity index (χ0) is 17.1. The fourth-order valence-electron chi connectivity index (χ4n) is 2.04. The molecule has 2 rings (SSSR count). The molecule has 2 heteroatoms. The molecule has 0 saturated carbocycles. The normalized spacial score (nSPS) is 10.7. The maximum absolute atomic E-state index is 5.79. The van der Waals surface area contributed by atoms with Crippen molar-refractivity contribution >= 4 is 0 Å². The first-order valence-corrected chi connectivity index (χ1v) is 8.27. The van der Waals surface area contributed by atoms with Crippen molar-refractivity contribution in [1.29, 1.82) is 0 Å². The predicted octanol–water partition coefficient (Wildman–Crippen LogP) is 4.40. The summed E-state index contributed by atoms with van der Waals surface area (Å²) in [5.74, 6) is 7.21. The van der Waals surface area contributed by atoms with E-state index in [0.717, 1.165) is 23.3 Å². The molecule has 122 valence electrons. The van der Waals surface area contributed by atoms with Crippen molar-refractivity contribution in [1.82, 2.24) is 0 Å². The van der Waals surface area contributed by atoms with Crippen LogP contribution in [0.3, 0.4) is 0 Å². The molecule has 1 unspecified atom stereocenters. The highest BCUT2D eigenvalue weighted by atomic mass is 16.5. The summed E-state index contributed by atoms with van der Waals surface area (Å²) in [6.07, 6.45) is 0.895. The van der Waals surface area contributed by atoms with Gasteiger partial charge in [-0.05, 0) is 62.2 Å². The Morgan fingerprint density at radius 3 is 1.83 bits per heavy atom. The summed E-state index contributed by atoms with van der Waals surface area (Å²) in [5, 5.41) is 0. The van der Waals surface area contributed by atoms with Gasteiger partial charge in [-0.2, -0.15) is 0 Å². The van der Waals surface area contributed by atoms with Gasteiger partial charge < -0.3 is 10.5 Å². The van der Waals surface area contributed by atoms with Gasteiger partial charge in [0.2, 0.25) is 0 Å². The first-order chi connectivity index (χ1) is 11.2. The molecule has 0 aliphatic heterocycles. The highest BCUT2D eigenvalue weighted by molar-refractivity contribution is 5.44. The van der Waals surface area contributed by atoms with Crippen LogP contribution in [0.5, 0.6) is 5.75 Å². The van der Waals surface area contributed by atoms with E-state index in [9.17, 15) is 0 Å². The van der Waals surface area contributed by atoms with E-state index in [1.807, 2.05) is 64.1 Å². The van der Waals surface area contributed by atoms with E-state index in [2.05, 4.69) is 24.0 Å². The van der Waals surface area contributed by atoms with E-state index in [0.29, 0.717) is 6.61 Å². The van der Waals surface area contributed by atoms with Crippen LogP contribution >= 0.6 is 0 Å². The van der Waals surface area contributed by atoms with Crippen molar-refractivity contribution in [3.63, 3.8) is 0 Å². The van der Waals surface area contributed by atoms with E-state index in [4.69, 9.17) is 10.5 Å². The Labute approximate surface area is 140 Å². The maximum atomic E-state index is 5.79. The lowest BCUT2D eigenvalue weighted by molar-refractivity contribution is 0.340. The molecule has 0 amide bonds. The zero-order valence-corrected chi connectivity index (χ0v) is 14.6.